The minimum atomic E-state index is 0.807. The van der Waals surface area contributed by atoms with Crippen molar-refractivity contribution in [3.05, 3.63) is 23.8 Å². The van der Waals surface area contributed by atoms with E-state index in [0.717, 1.165) is 35.5 Å². The summed E-state index contributed by atoms with van der Waals surface area (Å²) >= 11 is 0. The Kier molecular flexibility index (Phi) is 6.78. The van der Waals surface area contributed by atoms with Crippen LogP contribution in [-0.2, 0) is 0 Å². The maximum Gasteiger partial charge on any atom is -0.0167 e. The molecule has 0 N–H and O–H groups in total. The van der Waals surface area contributed by atoms with E-state index in [1.54, 1.807) is 5.57 Å². The van der Waals surface area contributed by atoms with Gasteiger partial charge in [-0.05, 0) is 74.0 Å². The fourth-order valence-corrected chi connectivity index (χ4v) is 4.71. The highest BCUT2D eigenvalue weighted by atomic mass is 14.4. The maximum absolute atomic E-state index is 2.48. The zero-order valence-electron chi connectivity index (χ0n) is 15.6. The maximum atomic E-state index is 2.48. The van der Waals surface area contributed by atoms with Gasteiger partial charge >= 0.3 is 0 Å². The SMILES string of the molecule is CCC1=CC=CCC2CC(C2)CC(C(C)C)C1CC(C)CC. The summed E-state index contributed by atoms with van der Waals surface area (Å²) in [6.07, 6.45) is 17.0. The van der Waals surface area contributed by atoms with Gasteiger partial charge in [-0.25, -0.2) is 0 Å². The monoisotopic (exact) mass is 302 g/mol. The number of allylic oxidation sites excluding steroid dienone is 4. The molecule has 1 saturated carbocycles. The third-order valence-corrected chi connectivity index (χ3v) is 6.47. The van der Waals surface area contributed by atoms with E-state index in [2.05, 4.69) is 52.8 Å². The van der Waals surface area contributed by atoms with Crippen molar-refractivity contribution in [2.75, 3.05) is 0 Å². The van der Waals surface area contributed by atoms with E-state index >= 15 is 0 Å². The molecule has 3 unspecified atom stereocenters. The summed E-state index contributed by atoms with van der Waals surface area (Å²) in [7, 11) is 0. The Morgan fingerprint density at radius 1 is 1.05 bits per heavy atom. The molecule has 1 fully saturated rings. The number of hydrogen-bond donors (Lipinski definition) is 0. The Bertz CT molecular complexity index is 381. The fourth-order valence-electron chi connectivity index (χ4n) is 4.71. The smallest absolute Gasteiger partial charge is 0.0167 e. The Hall–Kier alpha value is -0.520. The van der Waals surface area contributed by atoms with Gasteiger partial charge in [-0.2, -0.15) is 0 Å². The molecular formula is C22H38. The van der Waals surface area contributed by atoms with Crippen molar-refractivity contribution < 1.29 is 0 Å². The summed E-state index contributed by atoms with van der Waals surface area (Å²) < 4.78 is 0. The van der Waals surface area contributed by atoms with Crippen LogP contribution < -0.4 is 0 Å². The molecule has 0 radical (unpaired) electrons. The standard InChI is InChI=1S/C22H38/c1-6-17(5)12-22-20(7-2)11-9-8-10-18-13-19(14-18)15-21(22)16(3)4/h8-9,11,16-19,21-22H,6-7,10,12-15H2,1-5H3. The Balaban J connectivity index is 2.26. The second-order valence-corrected chi connectivity index (χ2v) is 8.46. The van der Waals surface area contributed by atoms with Crippen LogP contribution in [0.2, 0.25) is 0 Å². The molecule has 0 spiro atoms. The van der Waals surface area contributed by atoms with Crippen LogP contribution in [-0.4, -0.2) is 0 Å². The van der Waals surface area contributed by atoms with E-state index in [1.165, 1.54) is 44.9 Å². The molecule has 3 atom stereocenters. The van der Waals surface area contributed by atoms with E-state index in [4.69, 9.17) is 0 Å². The van der Waals surface area contributed by atoms with Gasteiger partial charge in [0.25, 0.3) is 0 Å². The summed E-state index contributed by atoms with van der Waals surface area (Å²) in [4.78, 5) is 0. The van der Waals surface area contributed by atoms with Crippen molar-refractivity contribution in [1.29, 1.82) is 0 Å². The van der Waals surface area contributed by atoms with Crippen LogP contribution in [0.4, 0.5) is 0 Å². The van der Waals surface area contributed by atoms with Gasteiger partial charge in [0.1, 0.15) is 0 Å². The topological polar surface area (TPSA) is 0 Å². The molecule has 0 aromatic heterocycles. The van der Waals surface area contributed by atoms with Gasteiger partial charge in [-0.15, -0.1) is 0 Å². The molecular weight excluding hydrogens is 264 g/mol. The molecule has 2 bridgehead atoms. The first kappa shape index (κ1) is 17.8. The largest absolute Gasteiger partial charge is 0.0843 e. The lowest BCUT2D eigenvalue weighted by molar-refractivity contribution is 0.116. The molecule has 0 heterocycles. The normalized spacial score (nSPS) is 33.8. The molecule has 3 rings (SSSR count). The second kappa shape index (κ2) is 8.37. The summed E-state index contributed by atoms with van der Waals surface area (Å²) in [5.74, 6) is 5.36. The number of rotatable bonds is 5. The quantitative estimate of drug-likeness (QED) is 0.511. The highest BCUT2D eigenvalue weighted by molar-refractivity contribution is 5.17. The Labute approximate surface area is 139 Å². The molecule has 0 aromatic rings. The third kappa shape index (κ3) is 4.49. The van der Waals surface area contributed by atoms with E-state index in [0.29, 0.717) is 0 Å². The first-order valence-electron chi connectivity index (χ1n) is 9.90. The molecule has 0 amide bonds. The fraction of sp³-hybridized carbons (Fsp3) is 0.818. The van der Waals surface area contributed by atoms with E-state index < -0.39 is 0 Å². The molecule has 22 heavy (non-hydrogen) atoms. The van der Waals surface area contributed by atoms with Gasteiger partial charge in [0.15, 0.2) is 0 Å². The van der Waals surface area contributed by atoms with Crippen LogP contribution >= 0.6 is 0 Å². The minimum Gasteiger partial charge on any atom is -0.0843 e. The highest BCUT2D eigenvalue weighted by Crippen LogP contribution is 2.46. The summed E-state index contributed by atoms with van der Waals surface area (Å²) in [5.41, 5.74) is 1.72. The van der Waals surface area contributed by atoms with Crippen LogP contribution in [0.25, 0.3) is 0 Å². The highest BCUT2D eigenvalue weighted by Gasteiger charge is 2.35. The van der Waals surface area contributed by atoms with E-state index in [-0.39, 0.29) is 0 Å². The Morgan fingerprint density at radius 3 is 2.36 bits per heavy atom. The minimum absolute atomic E-state index is 0.807. The summed E-state index contributed by atoms with van der Waals surface area (Å²) in [5, 5.41) is 0. The summed E-state index contributed by atoms with van der Waals surface area (Å²) in [6.45, 7) is 12.1. The van der Waals surface area contributed by atoms with E-state index in [9.17, 15) is 0 Å². The van der Waals surface area contributed by atoms with Crippen LogP contribution in [0.3, 0.4) is 0 Å². The predicted molar refractivity (Wildman–Crippen MR) is 98.9 cm³/mol. The van der Waals surface area contributed by atoms with Gasteiger partial charge in [-0.1, -0.05) is 64.8 Å². The van der Waals surface area contributed by atoms with E-state index in [1.807, 2.05) is 0 Å². The van der Waals surface area contributed by atoms with Crippen molar-refractivity contribution >= 4 is 0 Å². The molecule has 0 heteroatoms. The predicted octanol–water partition coefficient (Wildman–Crippen LogP) is 7.02. The van der Waals surface area contributed by atoms with Crippen molar-refractivity contribution in [3.8, 4) is 0 Å². The first-order chi connectivity index (χ1) is 10.5. The average molecular weight is 303 g/mol. The van der Waals surface area contributed by atoms with Crippen LogP contribution in [0.5, 0.6) is 0 Å². The van der Waals surface area contributed by atoms with Crippen molar-refractivity contribution in [2.45, 2.75) is 79.6 Å². The molecule has 0 nitrogen and oxygen atoms in total. The van der Waals surface area contributed by atoms with Crippen LogP contribution in [0.15, 0.2) is 23.8 Å². The van der Waals surface area contributed by atoms with Crippen LogP contribution in [0, 0.1) is 35.5 Å². The Morgan fingerprint density at radius 2 is 1.77 bits per heavy atom. The second-order valence-electron chi connectivity index (χ2n) is 8.46. The average Bonchev–Trinajstić information content (AvgIpc) is 2.50. The number of fused-ring (bicyclic) bond motifs is 5. The zero-order valence-corrected chi connectivity index (χ0v) is 15.6. The van der Waals surface area contributed by atoms with Gasteiger partial charge < -0.3 is 0 Å². The molecule has 0 saturated heterocycles. The summed E-state index contributed by atoms with van der Waals surface area (Å²) in [6, 6.07) is 0. The van der Waals surface area contributed by atoms with Gasteiger partial charge in [0, 0.05) is 0 Å². The van der Waals surface area contributed by atoms with Crippen molar-refractivity contribution in [2.24, 2.45) is 35.5 Å². The lowest BCUT2D eigenvalue weighted by Gasteiger charge is -2.41. The molecule has 0 aliphatic heterocycles. The first-order valence-corrected chi connectivity index (χ1v) is 9.90. The van der Waals surface area contributed by atoms with Gasteiger partial charge in [0.05, 0.1) is 0 Å². The van der Waals surface area contributed by atoms with Crippen molar-refractivity contribution in [3.63, 3.8) is 0 Å². The molecule has 3 aliphatic rings. The third-order valence-electron chi connectivity index (χ3n) is 6.47. The van der Waals surface area contributed by atoms with Crippen LogP contribution in [0.1, 0.15) is 79.6 Å². The zero-order chi connectivity index (χ0) is 16.1. The number of hydrogen-bond acceptors (Lipinski definition) is 0. The van der Waals surface area contributed by atoms with Gasteiger partial charge in [-0.3, -0.25) is 0 Å². The molecule has 0 aromatic carbocycles. The lowest BCUT2D eigenvalue weighted by atomic mass is 9.64. The molecule has 126 valence electrons. The molecule has 3 aliphatic carbocycles. The van der Waals surface area contributed by atoms with Crippen molar-refractivity contribution in [1.82, 2.24) is 0 Å². The lowest BCUT2D eigenvalue weighted by Crippen LogP contribution is -2.31. The van der Waals surface area contributed by atoms with Gasteiger partial charge in [0.2, 0.25) is 0 Å².